The van der Waals surface area contributed by atoms with Crippen LogP contribution in [-0.2, 0) is 12.8 Å². The van der Waals surface area contributed by atoms with Crippen molar-refractivity contribution in [2.45, 2.75) is 39.0 Å². The van der Waals surface area contributed by atoms with Gasteiger partial charge in [0, 0.05) is 25.1 Å². The number of hydrogen-bond donors (Lipinski definition) is 1. The molecule has 1 atom stereocenters. The molecule has 0 amide bonds. The molecule has 2 heterocycles. The van der Waals surface area contributed by atoms with Gasteiger partial charge in [-0.05, 0) is 49.6 Å². The van der Waals surface area contributed by atoms with Crippen LogP contribution < -0.4 is 10.1 Å². The Morgan fingerprint density at radius 2 is 1.93 bits per heavy atom. The van der Waals surface area contributed by atoms with E-state index in [2.05, 4.69) is 34.3 Å². The van der Waals surface area contributed by atoms with Gasteiger partial charge in [-0.25, -0.2) is 9.97 Å². The molecule has 27 heavy (non-hydrogen) atoms. The summed E-state index contributed by atoms with van der Waals surface area (Å²) in [7, 11) is 1.87. The summed E-state index contributed by atoms with van der Waals surface area (Å²) in [5.74, 6) is 2.88. The quantitative estimate of drug-likeness (QED) is 0.591. The molecule has 3 aromatic rings. The molecule has 0 aliphatic heterocycles. The molecule has 142 valence electrons. The lowest BCUT2D eigenvalue weighted by Gasteiger charge is -2.12. The second-order valence-corrected chi connectivity index (χ2v) is 6.64. The van der Waals surface area contributed by atoms with E-state index < -0.39 is 0 Å². The van der Waals surface area contributed by atoms with Crippen molar-refractivity contribution in [1.82, 2.24) is 9.97 Å². The highest BCUT2D eigenvalue weighted by Crippen LogP contribution is 2.24. The SMILES string of the molecule is CCC(Cc1ccc(OCCc2cccc(NC)n2)cc1)c1nc(C)co1. The molecule has 0 radical (unpaired) electrons. The zero-order valence-electron chi connectivity index (χ0n) is 16.2. The van der Waals surface area contributed by atoms with E-state index in [1.807, 2.05) is 44.3 Å². The van der Waals surface area contributed by atoms with Crippen LogP contribution in [0.2, 0.25) is 0 Å². The first-order valence-corrected chi connectivity index (χ1v) is 9.45. The maximum Gasteiger partial charge on any atom is 0.197 e. The van der Waals surface area contributed by atoms with Crippen molar-refractivity contribution >= 4 is 5.82 Å². The first-order valence-electron chi connectivity index (χ1n) is 9.45. The summed E-state index contributed by atoms with van der Waals surface area (Å²) in [6.45, 7) is 4.72. The highest BCUT2D eigenvalue weighted by Gasteiger charge is 2.15. The van der Waals surface area contributed by atoms with Gasteiger partial charge >= 0.3 is 0 Å². The van der Waals surface area contributed by atoms with Gasteiger partial charge in [0.2, 0.25) is 0 Å². The van der Waals surface area contributed by atoms with Crippen LogP contribution >= 0.6 is 0 Å². The van der Waals surface area contributed by atoms with Gasteiger partial charge in [0.1, 0.15) is 17.8 Å². The Morgan fingerprint density at radius 1 is 1.11 bits per heavy atom. The van der Waals surface area contributed by atoms with E-state index in [4.69, 9.17) is 9.15 Å². The number of rotatable bonds is 9. The molecule has 2 aromatic heterocycles. The maximum absolute atomic E-state index is 5.87. The van der Waals surface area contributed by atoms with E-state index >= 15 is 0 Å². The zero-order chi connectivity index (χ0) is 19.1. The summed E-state index contributed by atoms with van der Waals surface area (Å²) in [5.41, 5.74) is 3.21. The highest BCUT2D eigenvalue weighted by molar-refractivity contribution is 5.34. The van der Waals surface area contributed by atoms with Crippen molar-refractivity contribution in [2.75, 3.05) is 19.0 Å². The summed E-state index contributed by atoms with van der Waals surface area (Å²) in [4.78, 5) is 8.98. The lowest BCUT2D eigenvalue weighted by molar-refractivity contribution is 0.320. The number of aryl methyl sites for hydroxylation is 1. The summed E-state index contributed by atoms with van der Waals surface area (Å²) >= 11 is 0. The van der Waals surface area contributed by atoms with Gasteiger partial charge in [-0.2, -0.15) is 0 Å². The second kappa shape index (κ2) is 9.21. The van der Waals surface area contributed by atoms with Crippen LogP contribution in [0.25, 0.3) is 0 Å². The van der Waals surface area contributed by atoms with E-state index in [0.29, 0.717) is 12.5 Å². The first-order chi connectivity index (χ1) is 13.2. The molecular formula is C22H27N3O2. The zero-order valence-corrected chi connectivity index (χ0v) is 16.2. The Kier molecular flexibility index (Phi) is 6.47. The smallest absolute Gasteiger partial charge is 0.197 e. The van der Waals surface area contributed by atoms with E-state index in [1.165, 1.54) is 5.56 Å². The van der Waals surface area contributed by atoms with Gasteiger partial charge in [-0.1, -0.05) is 25.1 Å². The Balaban J connectivity index is 1.52. The number of ether oxygens (including phenoxy) is 1. The average molecular weight is 365 g/mol. The summed E-state index contributed by atoms with van der Waals surface area (Å²) in [5, 5.41) is 3.05. The minimum Gasteiger partial charge on any atom is -0.493 e. The van der Waals surface area contributed by atoms with E-state index in [0.717, 1.165) is 48.1 Å². The number of aromatic nitrogens is 2. The molecule has 0 bridgehead atoms. The van der Waals surface area contributed by atoms with Gasteiger partial charge in [0.05, 0.1) is 12.3 Å². The number of anilines is 1. The Morgan fingerprint density at radius 3 is 2.59 bits per heavy atom. The summed E-state index contributed by atoms with van der Waals surface area (Å²) in [6.07, 6.45) is 4.41. The minimum absolute atomic E-state index is 0.302. The normalized spacial score (nSPS) is 12.0. The van der Waals surface area contributed by atoms with Crippen molar-refractivity contribution in [3.8, 4) is 5.75 Å². The van der Waals surface area contributed by atoms with Crippen LogP contribution in [0.3, 0.4) is 0 Å². The van der Waals surface area contributed by atoms with E-state index in [-0.39, 0.29) is 0 Å². The van der Waals surface area contributed by atoms with Crippen molar-refractivity contribution in [2.24, 2.45) is 0 Å². The minimum atomic E-state index is 0.302. The number of nitrogens with zero attached hydrogens (tertiary/aromatic N) is 2. The standard InChI is InChI=1S/C22H27N3O2/c1-4-18(22-24-16(2)15-27-22)14-17-8-10-20(11-9-17)26-13-12-19-6-5-7-21(23-3)25-19/h5-11,15,18H,4,12-14H2,1-3H3,(H,23,25). The van der Waals surface area contributed by atoms with Gasteiger partial charge in [0.15, 0.2) is 5.89 Å². The fourth-order valence-corrected chi connectivity index (χ4v) is 3.00. The average Bonchev–Trinajstić information content (AvgIpc) is 3.13. The van der Waals surface area contributed by atoms with Crippen LogP contribution in [0, 0.1) is 6.92 Å². The molecule has 0 aliphatic rings. The Hall–Kier alpha value is -2.82. The fraction of sp³-hybridized carbons (Fsp3) is 0.364. The third-order valence-corrected chi connectivity index (χ3v) is 4.57. The van der Waals surface area contributed by atoms with Crippen molar-refractivity contribution < 1.29 is 9.15 Å². The van der Waals surface area contributed by atoms with Gasteiger partial charge in [-0.15, -0.1) is 0 Å². The number of hydrogen-bond acceptors (Lipinski definition) is 5. The van der Waals surface area contributed by atoms with Gasteiger partial charge in [-0.3, -0.25) is 0 Å². The third kappa shape index (κ3) is 5.33. The van der Waals surface area contributed by atoms with Crippen LogP contribution in [0.5, 0.6) is 5.75 Å². The maximum atomic E-state index is 5.87. The van der Waals surface area contributed by atoms with Crippen LogP contribution in [-0.4, -0.2) is 23.6 Å². The van der Waals surface area contributed by atoms with Crippen LogP contribution in [0.4, 0.5) is 5.82 Å². The van der Waals surface area contributed by atoms with Gasteiger partial charge < -0.3 is 14.5 Å². The summed E-state index contributed by atoms with van der Waals surface area (Å²) < 4.78 is 11.4. The lowest BCUT2D eigenvalue weighted by Crippen LogP contribution is -2.05. The van der Waals surface area contributed by atoms with Crippen molar-refractivity contribution in [3.05, 3.63) is 71.6 Å². The monoisotopic (exact) mass is 365 g/mol. The molecule has 0 fully saturated rings. The van der Waals surface area contributed by atoms with Crippen molar-refractivity contribution in [3.63, 3.8) is 0 Å². The number of nitrogens with one attached hydrogen (secondary N) is 1. The molecule has 0 saturated carbocycles. The van der Waals surface area contributed by atoms with Crippen molar-refractivity contribution in [1.29, 1.82) is 0 Å². The first kappa shape index (κ1) is 19.0. The third-order valence-electron chi connectivity index (χ3n) is 4.57. The van der Waals surface area contributed by atoms with E-state index in [1.54, 1.807) is 6.26 Å². The molecule has 1 unspecified atom stereocenters. The number of oxazole rings is 1. The molecule has 1 N–H and O–H groups in total. The fourth-order valence-electron chi connectivity index (χ4n) is 3.00. The Bertz CT molecular complexity index is 843. The van der Waals surface area contributed by atoms with Crippen LogP contribution in [0.15, 0.2) is 53.1 Å². The predicted octanol–water partition coefficient (Wildman–Crippen LogP) is 4.78. The molecule has 0 aliphatic carbocycles. The molecular weight excluding hydrogens is 338 g/mol. The number of pyridine rings is 1. The lowest BCUT2D eigenvalue weighted by atomic mass is 9.97. The summed E-state index contributed by atoms with van der Waals surface area (Å²) in [6, 6.07) is 14.3. The topological polar surface area (TPSA) is 60.2 Å². The second-order valence-electron chi connectivity index (χ2n) is 6.64. The van der Waals surface area contributed by atoms with E-state index in [9.17, 15) is 0 Å². The molecule has 0 saturated heterocycles. The number of benzene rings is 1. The van der Waals surface area contributed by atoms with Gasteiger partial charge in [0.25, 0.3) is 0 Å². The molecule has 5 nitrogen and oxygen atoms in total. The molecule has 0 spiro atoms. The molecule has 1 aromatic carbocycles. The highest BCUT2D eigenvalue weighted by atomic mass is 16.5. The predicted molar refractivity (Wildman–Crippen MR) is 107 cm³/mol. The largest absolute Gasteiger partial charge is 0.493 e. The molecule has 5 heteroatoms. The molecule has 3 rings (SSSR count). The Labute approximate surface area is 160 Å². The van der Waals surface area contributed by atoms with Crippen LogP contribution in [0.1, 0.15) is 42.1 Å².